The number of hydrogen-bond donors (Lipinski definition) is 2. The van der Waals surface area contributed by atoms with Crippen molar-refractivity contribution < 1.29 is 19.0 Å². The van der Waals surface area contributed by atoms with Crippen LogP contribution in [0.5, 0.6) is 0 Å². The smallest absolute Gasteiger partial charge is 0.325 e. The predicted molar refractivity (Wildman–Crippen MR) is 72.0 cm³/mol. The number of nitrogens with zero attached hydrogens (tertiary/aromatic N) is 1. The van der Waals surface area contributed by atoms with Crippen LogP contribution in [0.2, 0.25) is 0 Å². The molecule has 6 heteroatoms. The average Bonchev–Trinajstić information content (AvgIpc) is 2.45. The van der Waals surface area contributed by atoms with Crippen LogP contribution in [0, 0.1) is 5.82 Å². The number of benzene rings is 1. The largest absolute Gasteiger partial charge is 0.480 e. The van der Waals surface area contributed by atoms with Gasteiger partial charge in [-0.15, -0.1) is 0 Å². The Morgan fingerprint density at radius 2 is 2.10 bits per heavy atom. The fourth-order valence-electron chi connectivity index (χ4n) is 2.23. The normalized spacial score (nSPS) is 17.9. The van der Waals surface area contributed by atoms with Crippen molar-refractivity contribution in [2.45, 2.75) is 6.04 Å². The van der Waals surface area contributed by atoms with E-state index in [4.69, 9.17) is 4.74 Å². The highest BCUT2D eigenvalue weighted by atomic mass is 19.1. The lowest BCUT2D eigenvalue weighted by Gasteiger charge is -2.27. The summed E-state index contributed by atoms with van der Waals surface area (Å²) in [6.07, 6.45) is 0. The Morgan fingerprint density at radius 3 is 2.75 bits per heavy atom. The van der Waals surface area contributed by atoms with Crippen LogP contribution in [0.15, 0.2) is 24.3 Å². The van der Waals surface area contributed by atoms with E-state index in [-0.39, 0.29) is 5.56 Å². The van der Waals surface area contributed by atoms with Gasteiger partial charge in [-0.2, -0.15) is 0 Å². The fourth-order valence-corrected chi connectivity index (χ4v) is 2.23. The first kappa shape index (κ1) is 14.9. The molecule has 0 saturated carbocycles. The molecule has 1 aromatic carbocycles. The van der Waals surface area contributed by atoms with Crippen LogP contribution in [0.4, 0.5) is 4.39 Å². The maximum absolute atomic E-state index is 13.7. The topological polar surface area (TPSA) is 61.8 Å². The van der Waals surface area contributed by atoms with Gasteiger partial charge in [0.15, 0.2) is 0 Å². The molecule has 20 heavy (non-hydrogen) atoms. The summed E-state index contributed by atoms with van der Waals surface area (Å²) in [5.74, 6) is -1.57. The maximum atomic E-state index is 13.7. The third-order valence-electron chi connectivity index (χ3n) is 3.34. The summed E-state index contributed by atoms with van der Waals surface area (Å²) >= 11 is 0. The molecule has 1 heterocycles. The number of halogens is 1. The van der Waals surface area contributed by atoms with E-state index in [1.54, 1.807) is 12.1 Å². The molecule has 0 aromatic heterocycles. The van der Waals surface area contributed by atoms with Crippen molar-refractivity contribution in [2.75, 3.05) is 39.4 Å². The van der Waals surface area contributed by atoms with Crippen molar-refractivity contribution in [1.82, 2.24) is 10.2 Å². The van der Waals surface area contributed by atoms with Gasteiger partial charge in [0, 0.05) is 31.7 Å². The molecule has 1 aromatic rings. The summed E-state index contributed by atoms with van der Waals surface area (Å²) < 4.78 is 18.9. The molecule has 5 nitrogen and oxygen atoms in total. The van der Waals surface area contributed by atoms with Gasteiger partial charge in [0.2, 0.25) is 0 Å². The summed E-state index contributed by atoms with van der Waals surface area (Å²) in [6.45, 7) is 4.32. The highest BCUT2D eigenvalue weighted by Gasteiger charge is 2.22. The van der Waals surface area contributed by atoms with Gasteiger partial charge in [0.25, 0.3) is 0 Å². The van der Waals surface area contributed by atoms with Gasteiger partial charge in [-0.05, 0) is 6.07 Å². The van der Waals surface area contributed by atoms with Crippen molar-refractivity contribution in [3.63, 3.8) is 0 Å². The summed E-state index contributed by atoms with van der Waals surface area (Å²) in [4.78, 5) is 13.5. The number of aliphatic carboxylic acids is 1. The molecule has 110 valence electrons. The van der Waals surface area contributed by atoms with Crippen molar-refractivity contribution >= 4 is 5.97 Å². The minimum absolute atomic E-state index is 0.168. The van der Waals surface area contributed by atoms with Gasteiger partial charge >= 0.3 is 5.97 Å². The Bertz CT molecular complexity index is 450. The molecule has 0 amide bonds. The number of carboxylic acid groups (broad SMARTS) is 1. The van der Waals surface area contributed by atoms with Gasteiger partial charge in [0.05, 0.1) is 13.2 Å². The molecular weight excluding hydrogens is 263 g/mol. The van der Waals surface area contributed by atoms with Crippen LogP contribution < -0.4 is 5.32 Å². The van der Waals surface area contributed by atoms with E-state index in [2.05, 4.69) is 10.2 Å². The highest BCUT2D eigenvalue weighted by molar-refractivity contribution is 5.75. The minimum Gasteiger partial charge on any atom is -0.480 e. The van der Waals surface area contributed by atoms with Gasteiger partial charge < -0.3 is 9.84 Å². The molecule has 0 radical (unpaired) electrons. The van der Waals surface area contributed by atoms with Crippen LogP contribution in [0.25, 0.3) is 0 Å². The summed E-state index contributed by atoms with van der Waals surface area (Å²) in [6, 6.07) is 4.94. The summed E-state index contributed by atoms with van der Waals surface area (Å²) in [7, 11) is 0. The van der Waals surface area contributed by atoms with E-state index in [0.717, 1.165) is 19.6 Å². The Kier molecular flexibility index (Phi) is 5.46. The number of hydrogen-bond acceptors (Lipinski definition) is 4. The molecule has 1 unspecified atom stereocenters. The first-order chi connectivity index (χ1) is 9.68. The molecule has 1 saturated heterocycles. The molecule has 1 aliphatic rings. The second-order valence-electron chi connectivity index (χ2n) is 4.70. The Balaban J connectivity index is 1.90. The number of ether oxygens (including phenoxy) is 1. The quantitative estimate of drug-likeness (QED) is 0.811. The molecule has 1 atom stereocenters. The van der Waals surface area contributed by atoms with Crippen LogP contribution in [-0.4, -0.2) is 55.4 Å². The third kappa shape index (κ3) is 4.00. The lowest BCUT2D eigenvalue weighted by Crippen LogP contribution is -2.41. The van der Waals surface area contributed by atoms with E-state index in [1.807, 2.05) is 0 Å². The van der Waals surface area contributed by atoms with Crippen LogP contribution in [-0.2, 0) is 9.53 Å². The molecule has 2 N–H and O–H groups in total. The van der Waals surface area contributed by atoms with Gasteiger partial charge in [-0.3, -0.25) is 15.0 Å². The number of nitrogens with one attached hydrogen (secondary N) is 1. The van der Waals surface area contributed by atoms with Crippen LogP contribution in [0.1, 0.15) is 11.6 Å². The lowest BCUT2D eigenvalue weighted by molar-refractivity contribution is -0.139. The molecule has 1 aliphatic heterocycles. The third-order valence-corrected chi connectivity index (χ3v) is 3.34. The van der Waals surface area contributed by atoms with Crippen LogP contribution in [0.3, 0.4) is 0 Å². The molecule has 0 bridgehead atoms. The fraction of sp³-hybridized carbons (Fsp3) is 0.500. The zero-order valence-electron chi connectivity index (χ0n) is 11.2. The van der Waals surface area contributed by atoms with Crippen molar-refractivity contribution in [2.24, 2.45) is 0 Å². The van der Waals surface area contributed by atoms with Gasteiger partial charge in [0.1, 0.15) is 11.9 Å². The number of morpholine rings is 1. The van der Waals surface area contributed by atoms with E-state index < -0.39 is 17.8 Å². The Labute approximate surface area is 117 Å². The maximum Gasteiger partial charge on any atom is 0.325 e. The predicted octanol–water partition coefficient (Wildman–Crippen LogP) is 0.873. The molecule has 0 spiro atoms. The van der Waals surface area contributed by atoms with Gasteiger partial charge in [-0.25, -0.2) is 4.39 Å². The highest BCUT2D eigenvalue weighted by Crippen LogP contribution is 2.16. The summed E-state index contributed by atoms with van der Waals surface area (Å²) in [5, 5.41) is 12.1. The van der Waals surface area contributed by atoms with Crippen molar-refractivity contribution in [3.05, 3.63) is 35.6 Å². The van der Waals surface area contributed by atoms with Gasteiger partial charge in [-0.1, -0.05) is 18.2 Å². The molecule has 1 fully saturated rings. The SMILES string of the molecule is O=C(O)C(NCCN1CCOCC1)c1ccccc1F. The lowest BCUT2D eigenvalue weighted by atomic mass is 10.1. The molecule has 0 aliphatic carbocycles. The number of carbonyl (C=O) groups is 1. The number of rotatable bonds is 6. The zero-order valence-corrected chi connectivity index (χ0v) is 11.2. The minimum atomic E-state index is -1.07. The molecular formula is C14H19FN2O3. The second-order valence-corrected chi connectivity index (χ2v) is 4.70. The van der Waals surface area contributed by atoms with E-state index in [1.165, 1.54) is 12.1 Å². The Morgan fingerprint density at radius 1 is 1.40 bits per heavy atom. The second kappa shape index (κ2) is 7.33. The standard InChI is InChI=1S/C14H19FN2O3/c15-12-4-2-1-3-11(12)13(14(18)19)16-5-6-17-7-9-20-10-8-17/h1-4,13,16H,5-10H2,(H,18,19). The van der Waals surface area contributed by atoms with Crippen molar-refractivity contribution in [1.29, 1.82) is 0 Å². The first-order valence-electron chi connectivity index (χ1n) is 6.69. The first-order valence-corrected chi connectivity index (χ1v) is 6.69. The number of carboxylic acids is 1. The van der Waals surface area contributed by atoms with E-state index >= 15 is 0 Å². The van der Waals surface area contributed by atoms with Crippen LogP contribution >= 0.6 is 0 Å². The van der Waals surface area contributed by atoms with E-state index in [9.17, 15) is 14.3 Å². The molecule has 2 rings (SSSR count). The average molecular weight is 282 g/mol. The monoisotopic (exact) mass is 282 g/mol. The summed E-state index contributed by atoms with van der Waals surface area (Å²) in [5.41, 5.74) is 0.168. The van der Waals surface area contributed by atoms with E-state index in [0.29, 0.717) is 19.8 Å². The Hall–Kier alpha value is -1.50. The van der Waals surface area contributed by atoms with Crippen molar-refractivity contribution in [3.8, 4) is 0 Å². The zero-order chi connectivity index (χ0) is 14.4.